The van der Waals surface area contributed by atoms with Gasteiger partial charge in [-0.05, 0) is 25.3 Å². The van der Waals surface area contributed by atoms with Gasteiger partial charge in [0.15, 0.2) is 0 Å². The summed E-state index contributed by atoms with van der Waals surface area (Å²) in [6, 6.07) is 8.45. The summed E-state index contributed by atoms with van der Waals surface area (Å²) in [6.07, 6.45) is 3.17. The summed E-state index contributed by atoms with van der Waals surface area (Å²) in [7, 11) is 1.69. The van der Waals surface area contributed by atoms with E-state index in [-0.39, 0.29) is 5.91 Å². The zero-order valence-electron chi connectivity index (χ0n) is 18.2. The fourth-order valence-corrected chi connectivity index (χ4v) is 3.86. The normalized spacial score (nSPS) is 10.9. The molecule has 2 aromatic rings. The molecule has 1 aromatic carbocycles. The maximum absolute atomic E-state index is 12.6. The Morgan fingerprint density at radius 3 is 2.38 bits per heavy atom. The van der Waals surface area contributed by atoms with Crippen LogP contribution in [0.25, 0.3) is 0 Å². The van der Waals surface area contributed by atoms with Crippen molar-refractivity contribution >= 4 is 22.6 Å². The Morgan fingerprint density at radius 2 is 1.76 bits per heavy atom. The molecule has 0 aliphatic rings. The molecule has 7 heteroatoms. The van der Waals surface area contributed by atoms with Gasteiger partial charge in [-0.1, -0.05) is 43.7 Å². The van der Waals surface area contributed by atoms with Crippen LogP contribution in [0.3, 0.4) is 0 Å². The third-order valence-electron chi connectivity index (χ3n) is 4.71. The van der Waals surface area contributed by atoms with Crippen LogP contribution in [0.15, 0.2) is 24.3 Å². The third-order valence-corrected chi connectivity index (χ3v) is 5.53. The van der Waals surface area contributed by atoms with E-state index in [0.717, 1.165) is 36.9 Å². The molecule has 29 heavy (non-hydrogen) atoms. The summed E-state index contributed by atoms with van der Waals surface area (Å²) in [5, 5.41) is 0.856. The molecule has 0 aliphatic carbocycles. The highest BCUT2D eigenvalue weighted by atomic mass is 32.1. The Kier molecular flexibility index (Phi) is 10.1. The maximum Gasteiger partial charge on any atom is 0.224 e. The highest BCUT2D eigenvalue weighted by Crippen LogP contribution is 2.20. The summed E-state index contributed by atoms with van der Waals surface area (Å²) in [4.78, 5) is 21.5. The number of anilines is 1. The number of carbonyl (C=O) groups is 1. The molecule has 1 aromatic heterocycles. The van der Waals surface area contributed by atoms with Gasteiger partial charge in [0.1, 0.15) is 5.82 Å². The Hall–Kier alpha value is -1.99. The molecular formula is C22H34N4O2S. The number of aryl methyl sites for hydroxylation is 1. The predicted octanol–water partition coefficient (Wildman–Crippen LogP) is 3.93. The van der Waals surface area contributed by atoms with Crippen LogP contribution in [-0.2, 0) is 16.0 Å². The van der Waals surface area contributed by atoms with Crippen molar-refractivity contribution in [1.29, 1.82) is 0 Å². The summed E-state index contributed by atoms with van der Waals surface area (Å²) in [5.41, 5.74) is 2.45. The number of benzene rings is 1. The summed E-state index contributed by atoms with van der Waals surface area (Å²) >= 11 is 1.40. The topological polar surface area (TPSA) is 58.6 Å². The SMILES string of the molecule is CCCN(CCC)C(=O)CCN(CCOC)c1nc(Cc2ccc(C)cc2)ns1. The molecule has 0 unspecified atom stereocenters. The fraction of sp³-hybridized carbons (Fsp3) is 0.591. The van der Waals surface area contributed by atoms with Gasteiger partial charge in [-0.25, -0.2) is 4.98 Å². The van der Waals surface area contributed by atoms with Crippen molar-refractivity contribution < 1.29 is 9.53 Å². The summed E-state index contributed by atoms with van der Waals surface area (Å²) in [6.45, 7) is 9.87. The van der Waals surface area contributed by atoms with Crippen molar-refractivity contribution in [3.05, 3.63) is 41.2 Å². The lowest BCUT2D eigenvalue weighted by Gasteiger charge is -2.25. The first-order valence-electron chi connectivity index (χ1n) is 10.5. The minimum absolute atomic E-state index is 0.209. The van der Waals surface area contributed by atoms with E-state index < -0.39 is 0 Å². The number of nitrogens with zero attached hydrogens (tertiary/aromatic N) is 4. The minimum atomic E-state index is 0.209. The van der Waals surface area contributed by atoms with Crippen LogP contribution in [0.4, 0.5) is 5.13 Å². The maximum atomic E-state index is 12.6. The van der Waals surface area contributed by atoms with E-state index in [1.807, 2.05) is 4.90 Å². The number of methoxy groups -OCH3 is 1. The second-order valence-electron chi connectivity index (χ2n) is 7.27. The second-order valence-corrected chi connectivity index (χ2v) is 8.00. The monoisotopic (exact) mass is 418 g/mol. The van der Waals surface area contributed by atoms with Gasteiger partial charge < -0.3 is 14.5 Å². The summed E-state index contributed by atoms with van der Waals surface area (Å²) < 4.78 is 9.79. The van der Waals surface area contributed by atoms with Gasteiger partial charge in [0.05, 0.1) is 6.61 Å². The number of ether oxygens (including phenoxy) is 1. The van der Waals surface area contributed by atoms with E-state index in [2.05, 4.69) is 54.3 Å². The van der Waals surface area contributed by atoms with Crippen molar-refractivity contribution in [2.75, 3.05) is 44.8 Å². The average molecular weight is 419 g/mol. The minimum Gasteiger partial charge on any atom is -0.383 e. The number of hydrogen-bond acceptors (Lipinski definition) is 6. The molecule has 0 atom stereocenters. The fourth-order valence-electron chi connectivity index (χ4n) is 3.13. The van der Waals surface area contributed by atoms with E-state index in [9.17, 15) is 4.79 Å². The lowest BCUT2D eigenvalue weighted by Crippen LogP contribution is -2.36. The van der Waals surface area contributed by atoms with Crippen LogP contribution < -0.4 is 4.90 Å². The van der Waals surface area contributed by atoms with E-state index in [1.165, 1.54) is 22.7 Å². The Morgan fingerprint density at radius 1 is 1.07 bits per heavy atom. The van der Waals surface area contributed by atoms with Crippen LogP contribution in [-0.4, -0.2) is 60.1 Å². The van der Waals surface area contributed by atoms with Crippen LogP contribution in [0.1, 0.15) is 50.1 Å². The predicted molar refractivity (Wildman–Crippen MR) is 120 cm³/mol. The highest BCUT2D eigenvalue weighted by Gasteiger charge is 2.17. The lowest BCUT2D eigenvalue weighted by molar-refractivity contribution is -0.131. The van der Waals surface area contributed by atoms with Gasteiger partial charge in [-0.15, -0.1) is 0 Å². The van der Waals surface area contributed by atoms with Gasteiger partial charge in [0, 0.05) is 57.7 Å². The number of carbonyl (C=O) groups excluding carboxylic acids is 1. The van der Waals surface area contributed by atoms with Gasteiger partial charge in [0.2, 0.25) is 11.0 Å². The molecule has 0 saturated heterocycles. The molecule has 2 rings (SSSR count). The molecule has 0 fully saturated rings. The van der Waals surface area contributed by atoms with Crippen LogP contribution in [0, 0.1) is 6.92 Å². The van der Waals surface area contributed by atoms with Crippen molar-refractivity contribution in [2.24, 2.45) is 0 Å². The third kappa shape index (κ3) is 7.74. The van der Waals surface area contributed by atoms with Crippen molar-refractivity contribution in [1.82, 2.24) is 14.3 Å². The van der Waals surface area contributed by atoms with Crippen LogP contribution in [0.5, 0.6) is 0 Å². The van der Waals surface area contributed by atoms with Gasteiger partial charge >= 0.3 is 0 Å². The number of hydrogen-bond donors (Lipinski definition) is 0. The first kappa shape index (κ1) is 23.3. The van der Waals surface area contributed by atoms with E-state index in [1.54, 1.807) is 7.11 Å². The zero-order chi connectivity index (χ0) is 21.1. The molecule has 0 saturated carbocycles. The van der Waals surface area contributed by atoms with Gasteiger partial charge in [0.25, 0.3) is 0 Å². The Labute approximate surface area is 179 Å². The van der Waals surface area contributed by atoms with Crippen molar-refractivity contribution in [3.63, 3.8) is 0 Å². The molecule has 0 radical (unpaired) electrons. The highest BCUT2D eigenvalue weighted by molar-refractivity contribution is 7.09. The standard InChI is InChI=1S/C22H34N4O2S/c1-5-12-25(13-6-2)21(27)11-14-26(15-16-28-4)22-23-20(24-29-22)17-19-9-7-18(3)8-10-19/h7-10H,5-6,11-17H2,1-4H3. The number of rotatable bonds is 13. The molecule has 1 amide bonds. The van der Waals surface area contributed by atoms with E-state index in [0.29, 0.717) is 32.5 Å². The van der Waals surface area contributed by atoms with E-state index >= 15 is 0 Å². The molecule has 1 heterocycles. The molecule has 0 spiro atoms. The molecule has 0 aliphatic heterocycles. The number of aromatic nitrogens is 2. The second kappa shape index (κ2) is 12.5. The largest absolute Gasteiger partial charge is 0.383 e. The number of amides is 1. The van der Waals surface area contributed by atoms with Crippen molar-refractivity contribution in [2.45, 2.75) is 46.5 Å². The average Bonchev–Trinajstić information content (AvgIpc) is 3.17. The zero-order valence-corrected chi connectivity index (χ0v) is 19.0. The summed E-state index contributed by atoms with van der Waals surface area (Å²) in [5.74, 6) is 1.03. The Balaban J connectivity index is 2.00. The molecule has 0 N–H and O–H groups in total. The molecule has 0 bridgehead atoms. The quantitative estimate of drug-likeness (QED) is 0.493. The van der Waals surface area contributed by atoms with Gasteiger partial charge in [-0.2, -0.15) is 4.37 Å². The van der Waals surface area contributed by atoms with E-state index in [4.69, 9.17) is 9.72 Å². The van der Waals surface area contributed by atoms with Crippen molar-refractivity contribution in [3.8, 4) is 0 Å². The first-order chi connectivity index (χ1) is 14.1. The molecule has 160 valence electrons. The van der Waals surface area contributed by atoms with Crippen LogP contribution in [0.2, 0.25) is 0 Å². The smallest absolute Gasteiger partial charge is 0.224 e. The first-order valence-corrected chi connectivity index (χ1v) is 11.2. The van der Waals surface area contributed by atoms with Gasteiger partial charge in [-0.3, -0.25) is 4.79 Å². The lowest BCUT2D eigenvalue weighted by atomic mass is 10.1. The molecule has 6 nitrogen and oxygen atoms in total. The van der Waals surface area contributed by atoms with Crippen LogP contribution >= 0.6 is 11.5 Å². The molecular weight excluding hydrogens is 384 g/mol. The Bertz CT molecular complexity index is 727.